The van der Waals surface area contributed by atoms with Crippen LogP contribution in [0.5, 0.6) is 0 Å². The van der Waals surface area contributed by atoms with E-state index in [1.54, 1.807) is 18.2 Å². The van der Waals surface area contributed by atoms with E-state index in [1.165, 1.54) is 13.0 Å². The highest BCUT2D eigenvalue weighted by atomic mass is 19.4. The molecule has 2 rings (SSSR count). The van der Waals surface area contributed by atoms with Gasteiger partial charge in [0.15, 0.2) is 6.10 Å². The monoisotopic (exact) mass is 396 g/mol. The fourth-order valence-electron chi connectivity index (χ4n) is 2.27. The van der Waals surface area contributed by atoms with E-state index in [9.17, 15) is 22.8 Å². The molecule has 1 atom stereocenters. The smallest absolute Gasteiger partial charge is 0.416 e. The summed E-state index contributed by atoms with van der Waals surface area (Å²) in [6.07, 6.45) is -5.65. The summed E-state index contributed by atoms with van der Waals surface area (Å²) in [6.45, 7) is 1.45. The van der Waals surface area contributed by atoms with Gasteiger partial charge in [0, 0.05) is 17.9 Å². The third-order valence-electron chi connectivity index (χ3n) is 3.71. The maximum Gasteiger partial charge on any atom is 0.416 e. The van der Waals surface area contributed by atoms with Crippen molar-refractivity contribution in [3.63, 3.8) is 0 Å². The number of hydrogen-bond acceptors (Lipinski definition) is 5. The summed E-state index contributed by atoms with van der Waals surface area (Å²) in [5, 5.41) is 14.1. The van der Waals surface area contributed by atoms with Gasteiger partial charge in [-0.1, -0.05) is 12.1 Å². The first-order valence-corrected chi connectivity index (χ1v) is 8.35. The topological polar surface area (TPSA) is 87.7 Å². The van der Waals surface area contributed by atoms with E-state index in [0.717, 1.165) is 24.3 Å². The number of halogens is 3. The Bertz CT molecular complexity index is 823. The van der Waals surface area contributed by atoms with Gasteiger partial charge in [-0.3, -0.25) is 4.79 Å². The van der Waals surface area contributed by atoms with E-state index in [2.05, 4.69) is 10.6 Å². The second-order valence-electron chi connectivity index (χ2n) is 5.81. The first-order valence-electron chi connectivity index (χ1n) is 8.35. The molecule has 2 aromatic carbocycles. The van der Waals surface area contributed by atoms with Crippen molar-refractivity contribution in [2.45, 2.75) is 19.2 Å². The Kier molecular flexibility index (Phi) is 7.00. The Balaban J connectivity index is 1.99. The van der Waals surface area contributed by atoms with Crippen molar-refractivity contribution in [1.29, 1.82) is 0 Å². The number of alkyl halides is 3. The number of nitrogens with one attached hydrogen (secondary N) is 2. The number of anilines is 2. The van der Waals surface area contributed by atoms with Gasteiger partial charge in [-0.15, -0.1) is 0 Å². The third-order valence-corrected chi connectivity index (χ3v) is 3.71. The zero-order valence-corrected chi connectivity index (χ0v) is 14.9. The Morgan fingerprint density at radius 2 is 1.75 bits per heavy atom. The minimum absolute atomic E-state index is 0.130. The molecular weight excluding hydrogens is 377 g/mol. The summed E-state index contributed by atoms with van der Waals surface area (Å²) < 4.78 is 42.8. The molecule has 0 heterocycles. The van der Waals surface area contributed by atoms with Gasteiger partial charge in [0.2, 0.25) is 0 Å². The highest BCUT2D eigenvalue weighted by Crippen LogP contribution is 2.29. The fraction of sp³-hybridized carbons (Fsp3) is 0.263. The molecule has 0 saturated carbocycles. The standard InChI is InChI=1S/C19H19F3N2O4/c1-12(17(26)24-14-8-6-13(7-9-14)19(20,21)22)28-18(27)15-4-2-3-5-16(15)23-10-11-25/h2-9,12,23,25H,10-11H2,1H3,(H,24,26)/t12-/m0/s1. The zero-order valence-electron chi connectivity index (χ0n) is 14.9. The van der Waals surface area contributed by atoms with Crippen LogP contribution >= 0.6 is 0 Å². The number of aliphatic hydroxyl groups is 1. The summed E-state index contributed by atoms with van der Waals surface area (Å²) in [5.41, 5.74) is -0.0649. The maximum atomic E-state index is 12.6. The molecule has 3 N–H and O–H groups in total. The maximum absolute atomic E-state index is 12.6. The van der Waals surface area contributed by atoms with E-state index in [-0.39, 0.29) is 24.4 Å². The molecule has 0 aliphatic rings. The van der Waals surface area contributed by atoms with Crippen molar-refractivity contribution in [3.05, 3.63) is 59.7 Å². The molecule has 0 aliphatic heterocycles. The molecule has 28 heavy (non-hydrogen) atoms. The lowest BCUT2D eigenvalue weighted by Crippen LogP contribution is -2.30. The number of carbonyl (C=O) groups excluding carboxylic acids is 2. The van der Waals surface area contributed by atoms with Crippen LogP contribution in [-0.4, -0.2) is 36.2 Å². The molecule has 150 valence electrons. The van der Waals surface area contributed by atoms with Gasteiger partial charge in [-0.25, -0.2) is 4.79 Å². The Hall–Kier alpha value is -3.07. The number of aliphatic hydroxyl groups excluding tert-OH is 1. The van der Waals surface area contributed by atoms with E-state index < -0.39 is 29.7 Å². The number of ether oxygens (including phenoxy) is 1. The van der Waals surface area contributed by atoms with Crippen LogP contribution in [0, 0.1) is 0 Å². The SMILES string of the molecule is C[C@H](OC(=O)c1ccccc1NCCO)C(=O)Nc1ccc(C(F)(F)F)cc1. The molecule has 0 bridgehead atoms. The van der Waals surface area contributed by atoms with Crippen LogP contribution in [0.3, 0.4) is 0 Å². The van der Waals surface area contributed by atoms with Gasteiger partial charge >= 0.3 is 12.1 Å². The molecule has 0 spiro atoms. The number of carbonyl (C=O) groups is 2. The molecular formula is C19H19F3N2O4. The van der Waals surface area contributed by atoms with E-state index in [4.69, 9.17) is 9.84 Å². The molecule has 0 radical (unpaired) electrons. The quantitative estimate of drug-likeness (QED) is 0.625. The van der Waals surface area contributed by atoms with Gasteiger partial charge < -0.3 is 20.5 Å². The van der Waals surface area contributed by atoms with Crippen molar-refractivity contribution in [2.24, 2.45) is 0 Å². The number of benzene rings is 2. The summed E-state index contributed by atoms with van der Waals surface area (Å²) in [5.74, 6) is -1.44. The molecule has 0 aliphatic carbocycles. The number of para-hydroxylation sites is 1. The van der Waals surface area contributed by atoms with Gasteiger partial charge in [-0.2, -0.15) is 13.2 Å². The fourth-order valence-corrected chi connectivity index (χ4v) is 2.27. The van der Waals surface area contributed by atoms with Crippen molar-refractivity contribution in [3.8, 4) is 0 Å². The molecule has 2 aromatic rings. The average Bonchev–Trinajstić information content (AvgIpc) is 2.66. The second-order valence-corrected chi connectivity index (χ2v) is 5.81. The van der Waals surface area contributed by atoms with Crippen molar-refractivity contribution < 1.29 is 32.6 Å². The Morgan fingerprint density at radius 1 is 1.11 bits per heavy atom. The first kappa shape index (κ1) is 21.2. The van der Waals surface area contributed by atoms with Crippen LogP contribution in [0.15, 0.2) is 48.5 Å². The minimum Gasteiger partial charge on any atom is -0.449 e. The molecule has 1 amide bonds. The minimum atomic E-state index is -4.47. The third kappa shape index (κ3) is 5.71. The van der Waals surface area contributed by atoms with Gasteiger partial charge in [0.05, 0.1) is 17.7 Å². The van der Waals surface area contributed by atoms with Crippen LogP contribution in [0.1, 0.15) is 22.8 Å². The van der Waals surface area contributed by atoms with E-state index in [1.807, 2.05) is 0 Å². The van der Waals surface area contributed by atoms with Crippen LogP contribution in [0.25, 0.3) is 0 Å². The van der Waals surface area contributed by atoms with E-state index in [0.29, 0.717) is 5.69 Å². The van der Waals surface area contributed by atoms with Crippen LogP contribution < -0.4 is 10.6 Å². The normalized spacial score (nSPS) is 12.2. The molecule has 0 unspecified atom stereocenters. The molecule has 6 nitrogen and oxygen atoms in total. The lowest BCUT2D eigenvalue weighted by atomic mass is 10.1. The van der Waals surface area contributed by atoms with Gasteiger partial charge in [0.25, 0.3) is 5.91 Å². The molecule has 0 aromatic heterocycles. The van der Waals surface area contributed by atoms with Gasteiger partial charge in [-0.05, 0) is 43.3 Å². The first-order chi connectivity index (χ1) is 13.2. The highest BCUT2D eigenvalue weighted by molar-refractivity contribution is 5.99. The lowest BCUT2D eigenvalue weighted by molar-refractivity contribution is -0.137. The Labute approximate surface area is 159 Å². The number of amides is 1. The highest BCUT2D eigenvalue weighted by Gasteiger charge is 2.30. The summed E-state index contributed by atoms with van der Waals surface area (Å²) >= 11 is 0. The van der Waals surface area contributed by atoms with Crippen molar-refractivity contribution in [2.75, 3.05) is 23.8 Å². The largest absolute Gasteiger partial charge is 0.449 e. The van der Waals surface area contributed by atoms with Crippen LogP contribution in [0.4, 0.5) is 24.5 Å². The zero-order chi connectivity index (χ0) is 20.7. The molecule has 0 fully saturated rings. The Morgan fingerprint density at radius 3 is 2.36 bits per heavy atom. The average molecular weight is 396 g/mol. The lowest BCUT2D eigenvalue weighted by Gasteiger charge is -2.16. The van der Waals surface area contributed by atoms with Gasteiger partial charge in [0.1, 0.15) is 0 Å². The summed E-state index contributed by atoms with van der Waals surface area (Å²) in [6, 6.07) is 10.4. The number of esters is 1. The van der Waals surface area contributed by atoms with Crippen molar-refractivity contribution >= 4 is 23.3 Å². The predicted molar refractivity (Wildman–Crippen MR) is 97.0 cm³/mol. The second kappa shape index (κ2) is 9.23. The number of rotatable bonds is 7. The number of hydrogen-bond donors (Lipinski definition) is 3. The summed E-state index contributed by atoms with van der Waals surface area (Å²) in [4.78, 5) is 24.5. The van der Waals surface area contributed by atoms with Crippen LogP contribution in [-0.2, 0) is 15.7 Å². The van der Waals surface area contributed by atoms with Crippen molar-refractivity contribution in [1.82, 2.24) is 0 Å². The molecule has 0 saturated heterocycles. The van der Waals surface area contributed by atoms with Crippen LogP contribution in [0.2, 0.25) is 0 Å². The van der Waals surface area contributed by atoms with E-state index >= 15 is 0 Å². The molecule has 9 heteroatoms. The summed E-state index contributed by atoms with van der Waals surface area (Å²) in [7, 11) is 0. The predicted octanol–water partition coefficient (Wildman–Crippen LogP) is 3.29.